The number of aryl methyl sites for hydroxylation is 1. The van der Waals surface area contributed by atoms with E-state index in [2.05, 4.69) is 31.5 Å². The van der Waals surface area contributed by atoms with Crippen LogP contribution in [0.15, 0.2) is 59.5 Å². The number of esters is 1. The Morgan fingerprint density at radius 1 is 1.13 bits per heavy atom. The van der Waals surface area contributed by atoms with Gasteiger partial charge in [-0.1, -0.05) is 15.9 Å². The lowest BCUT2D eigenvalue weighted by molar-refractivity contribution is -0.126. The molecular formula is C21H18BrFN4O4. The number of imidazole rings is 1. The summed E-state index contributed by atoms with van der Waals surface area (Å²) in [7, 11) is 0. The van der Waals surface area contributed by atoms with E-state index in [1.54, 1.807) is 12.1 Å². The van der Waals surface area contributed by atoms with Crippen LogP contribution < -0.4 is 10.6 Å². The first-order valence-corrected chi connectivity index (χ1v) is 9.91. The van der Waals surface area contributed by atoms with Gasteiger partial charge in [-0.05, 0) is 55.0 Å². The van der Waals surface area contributed by atoms with Gasteiger partial charge in [0.15, 0.2) is 12.3 Å². The van der Waals surface area contributed by atoms with Crippen LogP contribution in [0.5, 0.6) is 0 Å². The average molecular weight is 489 g/mol. The van der Waals surface area contributed by atoms with Crippen LogP contribution in [-0.2, 0) is 14.3 Å². The van der Waals surface area contributed by atoms with Crippen molar-refractivity contribution in [3.05, 3.63) is 76.5 Å². The molecule has 0 aliphatic heterocycles. The molecule has 3 rings (SSSR count). The van der Waals surface area contributed by atoms with Crippen LogP contribution in [0, 0.1) is 12.7 Å². The summed E-state index contributed by atoms with van der Waals surface area (Å²) in [5.41, 5.74) is 2.07. The molecule has 2 amide bonds. The third-order valence-electron chi connectivity index (χ3n) is 4.20. The molecule has 31 heavy (non-hydrogen) atoms. The van der Waals surface area contributed by atoms with Crippen molar-refractivity contribution >= 4 is 39.4 Å². The number of aromatic nitrogens is 2. The Labute approximate surface area is 185 Å². The molecule has 0 bridgehead atoms. The van der Waals surface area contributed by atoms with Crippen LogP contribution in [-0.4, -0.2) is 40.5 Å². The van der Waals surface area contributed by atoms with Gasteiger partial charge < -0.3 is 15.4 Å². The zero-order chi connectivity index (χ0) is 22.4. The Kier molecular flexibility index (Phi) is 7.14. The van der Waals surface area contributed by atoms with Crippen molar-refractivity contribution in [3.63, 3.8) is 0 Å². The van der Waals surface area contributed by atoms with E-state index in [4.69, 9.17) is 4.74 Å². The van der Waals surface area contributed by atoms with Gasteiger partial charge in [0.2, 0.25) is 5.91 Å². The molecule has 0 radical (unpaired) electrons. The van der Waals surface area contributed by atoms with Crippen LogP contribution >= 0.6 is 15.9 Å². The van der Waals surface area contributed by atoms with Crippen molar-refractivity contribution in [1.82, 2.24) is 14.9 Å². The van der Waals surface area contributed by atoms with Gasteiger partial charge in [-0.15, -0.1) is 0 Å². The molecule has 0 aliphatic carbocycles. The molecule has 0 aliphatic rings. The highest BCUT2D eigenvalue weighted by molar-refractivity contribution is 9.10. The van der Waals surface area contributed by atoms with Gasteiger partial charge >= 0.3 is 5.97 Å². The lowest BCUT2D eigenvalue weighted by Gasteiger charge is -2.10. The minimum atomic E-state index is -0.785. The van der Waals surface area contributed by atoms with Crippen molar-refractivity contribution < 1.29 is 23.5 Å². The normalized spacial score (nSPS) is 10.4. The molecule has 2 N–H and O–H groups in total. The first-order chi connectivity index (χ1) is 14.8. The molecule has 8 nitrogen and oxygen atoms in total. The molecule has 0 unspecified atom stereocenters. The fraction of sp³-hybridized carbons (Fsp3) is 0.143. The summed E-state index contributed by atoms with van der Waals surface area (Å²) in [5.74, 6) is -2.25. The van der Waals surface area contributed by atoms with E-state index in [0.717, 1.165) is 10.0 Å². The van der Waals surface area contributed by atoms with Crippen molar-refractivity contribution in [1.29, 1.82) is 0 Å². The number of amides is 2. The Morgan fingerprint density at radius 3 is 2.58 bits per heavy atom. The summed E-state index contributed by atoms with van der Waals surface area (Å²) in [6.45, 7) is 0.993. The van der Waals surface area contributed by atoms with E-state index < -0.39 is 30.2 Å². The second kappa shape index (κ2) is 9.98. The van der Waals surface area contributed by atoms with Crippen LogP contribution in [0.4, 0.5) is 10.1 Å². The number of hydrogen-bond donors (Lipinski definition) is 2. The molecule has 2 aromatic carbocycles. The monoisotopic (exact) mass is 488 g/mol. The molecule has 160 valence electrons. The number of nitrogens with zero attached hydrogens (tertiary/aromatic N) is 2. The molecule has 1 heterocycles. The zero-order valence-corrected chi connectivity index (χ0v) is 18.0. The van der Waals surface area contributed by atoms with E-state index in [1.807, 2.05) is 13.0 Å². The third kappa shape index (κ3) is 5.98. The van der Waals surface area contributed by atoms with Crippen LogP contribution in [0.1, 0.15) is 16.1 Å². The van der Waals surface area contributed by atoms with Crippen LogP contribution in [0.3, 0.4) is 0 Å². The smallest absolute Gasteiger partial charge is 0.357 e. The number of hydrogen-bond acceptors (Lipinski definition) is 5. The largest absolute Gasteiger partial charge is 0.451 e. The maximum absolute atomic E-state index is 13.1. The predicted octanol–water partition coefficient (Wildman–Crippen LogP) is 2.99. The maximum Gasteiger partial charge on any atom is 0.357 e. The summed E-state index contributed by atoms with van der Waals surface area (Å²) in [6.07, 6.45) is 2.65. The molecule has 0 saturated carbocycles. The highest BCUT2D eigenvalue weighted by Gasteiger charge is 2.16. The van der Waals surface area contributed by atoms with Gasteiger partial charge in [-0.25, -0.2) is 14.2 Å². The molecule has 3 aromatic rings. The number of anilines is 1. The zero-order valence-electron chi connectivity index (χ0n) is 16.4. The average Bonchev–Trinajstić information content (AvgIpc) is 3.23. The van der Waals surface area contributed by atoms with Crippen molar-refractivity contribution in [2.45, 2.75) is 6.92 Å². The van der Waals surface area contributed by atoms with Crippen molar-refractivity contribution in [3.8, 4) is 5.69 Å². The molecule has 0 spiro atoms. The fourth-order valence-electron chi connectivity index (χ4n) is 2.65. The molecule has 0 fully saturated rings. The summed E-state index contributed by atoms with van der Waals surface area (Å²) in [4.78, 5) is 40.1. The molecular weight excluding hydrogens is 471 g/mol. The minimum absolute atomic E-state index is 0.0721. The predicted molar refractivity (Wildman–Crippen MR) is 114 cm³/mol. The number of benzene rings is 2. The Bertz CT molecular complexity index is 1110. The van der Waals surface area contributed by atoms with E-state index in [1.165, 1.54) is 41.4 Å². The van der Waals surface area contributed by atoms with Gasteiger partial charge in [0, 0.05) is 15.8 Å². The third-order valence-corrected chi connectivity index (χ3v) is 4.69. The van der Waals surface area contributed by atoms with E-state index in [0.29, 0.717) is 11.4 Å². The lowest BCUT2D eigenvalue weighted by atomic mass is 10.2. The SMILES string of the molecule is Cc1cc(Br)ccc1NC(=O)CNC(=O)COC(=O)c1cncn1-c1ccc(F)cc1. The number of nitrogens with one attached hydrogen (secondary N) is 2. The van der Waals surface area contributed by atoms with Gasteiger partial charge in [0.25, 0.3) is 5.91 Å². The number of halogens is 2. The maximum atomic E-state index is 13.1. The topological polar surface area (TPSA) is 102 Å². The van der Waals surface area contributed by atoms with E-state index >= 15 is 0 Å². The van der Waals surface area contributed by atoms with Crippen LogP contribution in [0.25, 0.3) is 5.69 Å². The number of carbonyl (C=O) groups excluding carboxylic acids is 3. The second-order valence-electron chi connectivity index (χ2n) is 6.49. The van der Waals surface area contributed by atoms with Gasteiger partial charge in [0.05, 0.1) is 19.1 Å². The van der Waals surface area contributed by atoms with Gasteiger partial charge in [-0.2, -0.15) is 0 Å². The second-order valence-corrected chi connectivity index (χ2v) is 7.40. The lowest BCUT2D eigenvalue weighted by Crippen LogP contribution is -2.35. The van der Waals surface area contributed by atoms with Crippen molar-refractivity contribution in [2.24, 2.45) is 0 Å². The van der Waals surface area contributed by atoms with Gasteiger partial charge in [-0.3, -0.25) is 14.2 Å². The summed E-state index contributed by atoms with van der Waals surface area (Å²) >= 11 is 3.34. The van der Waals surface area contributed by atoms with Gasteiger partial charge in [0.1, 0.15) is 5.82 Å². The fourth-order valence-corrected chi connectivity index (χ4v) is 3.13. The number of rotatable bonds is 7. The number of carbonyl (C=O) groups is 3. The highest BCUT2D eigenvalue weighted by atomic mass is 79.9. The Balaban J connectivity index is 1.49. The Hall–Kier alpha value is -3.53. The highest BCUT2D eigenvalue weighted by Crippen LogP contribution is 2.19. The first-order valence-electron chi connectivity index (χ1n) is 9.11. The standard InChI is InChI=1S/C21H18BrFN4O4/c1-13-8-14(22)2-7-17(13)26-19(28)10-25-20(29)11-31-21(30)18-9-24-12-27(18)16-5-3-15(23)4-6-16/h2-9,12H,10-11H2,1H3,(H,25,29)(H,26,28). The van der Waals surface area contributed by atoms with Crippen molar-refractivity contribution in [2.75, 3.05) is 18.5 Å². The van der Waals surface area contributed by atoms with E-state index in [-0.39, 0.29) is 12.2 Å². The summed E-state index contributed by atoms with van der Waals surface area (Å²) in [6, 6.07) is 10.8. The molecule has 0 atom stereocenters. The Morgan fingerprint density at radius 2 is 1.87 bits per heavy atom. The first kappa shape index (κ1) is 22.2. The summed E-state index contributed by atoms with van der Waals surface area (Å²) in [5, 5.41) is 5.07. The quantitative estimate of drug-likeness (QED) is 0.497. The molecule has 1 aromatic heterocycles. The molecule has 0 saturated heterocycles. The minimum Gasteiger partial charge on any atom is -0.451 e. The van der Waals surface area contributed by atoms with Crippen LogP contribution in [0.2, 0.25) is 0 Å². The molecule has 10 heteroatoms. The number of ether oxygens (including phenoxy) is 1. The van der Waals surface area contributed by atoms with E-state index in [9.17, 15) is 18.8 Å². The summed E-state index contributed by atoms with van der Waals surface area (Å²) < 4.78 is 20.4.